The number of carbonyl (C=O) groups excluding carboxylic acids is 2. The van der Waals surface area contributed by atoms with Crippen molar-refractivity contribution in [2.45, 2.75) is 13.3 Å². The number of anilines is 2. The van der Waals surface area contributed by atoms with Gasteiger partial charge in [-0.2, -0.15) is 0 Å². The lowest BCUT2D eigenvalue weighted by molar-refractivity contribution is -0.121. The molecule has 0 saturated carbocycles. The van der Waals surface area contributed by atoms with Gasteiger partial charge in [0.25, 0.3) is 0 Å². The van der Waals surface area contributed by atoms with Crippen LogP contribution in [0.4, 0.5) is 11.4 Å². The van der Waals surface area contributed by atoms with E-state index in [1.165, 1.54) is 11.8 Å². The van der Waals surface area contributed by atoms with Gasteiger partial charge in [0.2, 0.25) is 11.8 Å². The molecule has 3 aromatic rings. The van der Waals surface area contributed by atoms with Crippen molar-refractivity contribution >= 4 is 23.2 Å². The molecular formula is C24H22N2O3. The molecular weight excluding hydrogens is 364 g/mol. The molecule has 3 aromatic carbocycles. The predicted octanol–water partition coefficient (Wildman–Crippen LogP) is 4.42. The molecule has 0 fully saturated rings. The number of para-hydroxylation sites is 4. The first-order valence-corrected chi connectivity index (χ1v) is 9.62. The van der Waals surface area contributed by atoms with Crippen LogP contribution in [0.3, 0.4) is 0 Å². The van der Waals surface area contributed by atoms with Crippen molar-refractivity contribution in [2.24, 2.45) is 0 Å². The monoisotopic (exact) mass is 386 g/mol. The summed E-state index contributed by atoms with van der Waals surface area (Å²) in [6.07, 6.45) is 0.829. The molecule has 2 amide bonds. The van der Waals surface area contributed by atoms with Crippen molar-refractivity contribution < 1.29 is 14.3 Å². The number of benzene rings is 3. The highest BCUT2D eigenvalue weighted by Gasteiger charge is 2.27. The number of rotatable bonds is 5. The predicted molar refractivity (Wildman–Crippen MR) is 113 cm³/mol. The second kappa shape index (κ2) is 8.19. The lowest BCUT2D eigenvalue weighted by atomic mass is 10.2. The summed E-state index contributed by atoms with van der Waals surface area (Å²) in [7, 11) is 0. The first kappa shape index (κ1) is 18.7. The molecule has 0 aliphatic carbocycles. The Morgan fingerprint density at radius 2 is 1.62 bits per heavy atom. The molecule has 29 heavy (non-hydrogen) atoms. The molecule has 0 atom stereocenters. The molecule has 0 spiro atoms. The van der Waals surface area contributed by atoms with Crippen LogP contribution in [0.25, 0.3) is 0 Å². The summed E-state index contributed by atoms with van der Waals surface area (Å²) in [6, 6.07) is 24.5. The van der Waals surface area contributed by atoms with E-state index in [0.29, 0.717) is 23.7 Å². The molecule has 1 heterocycles. The van der Waals surface area contributed by atoms with Gasteiger partial charge in [0.15, 0.2) is 5.75 Å². The van der Waals surface area contributed by atoms with Crippen LogP contribution in [0.1, 0.15) is 12.5 Å². The van der Waals surface area contributed by atoms with E-state index in [1.54, 1.807) is 17.0 Å². The zero-order chi connectivity index (χ0) is 20.2. The highest BCUT2D eigenvalue weighted by Crippen LogP contribution is 2.33. The van der Waals surface area contributed by atoms with Gasteiger partial charge in [-0.05, 0) is 42.3 Å². The quantitative estimate of drug-likeness (QED) is 0.652. The molecule has 4 rings (SSSR count). The Hall–Kier alpha value is -3.60. The lowest BCUT2D eigenvalue weighted by Crippen LogP contribution is -2.42. The lowest BCUT2D eigenvalue weighted by Gasteiger charge is -2.26. The van der Waals surface area contributed by atoms with Crippen LogP contribution in [0.2, 0.25) is 0 Å². The smallest absolute Gasteiger partial charge is 0.247 e. The van der Waals surface area contributed by atoms with Crippen molar-refractivity contribution in [3.8, 4) is 11.5 Å². The fourth-order valence-corrected chi connectivity index (χ4v) is 3.57. The van der Waals surface area contributed by atoms with Gasteiger partial charge in [-0.3, -0.25) is 14.5 Å². The fourth-order valence-electron chi connectivity index (χ4n) is 3.57. The van der Waals surface area contributed by atoms with Crippen LogP contribution in [0, 0.1) is 0 Å². The van der Waals surface area contributed by atoms with Gasteiger partial charge in [0.05, 0.1) is 5.69 Å². The molecule has 0 N–H and O–H groups in total. The number of nitrogens with zero attached hydrogens (tertiary/aromatic N) is 2. The SMILES string of the molecule is CC(=O)N(CC(=O)N1CCc2ccccc21)c1ccccc1Oc1ccccc1. The van der Waals surface area contributed by atoms with E-state index in [-0.39, 0.29) is 18.4 Å². The van der Waals surface area contributed by atoms with Gasteiger partial charge in [-0.25, -0.2) is 0 Å². The normalized spacial score (nSPS) is 12.4. The zero-order valence-corrected chi connectivity index (χ0v) is 16.2. The summed E-state index contributed by atoms with van der Waals surface area (Å²) in [4.78, 5) is 28.7. The number of hydrogen-bond donors (Lipinski definition) is 0. The third-order valence-electron chi connectivity index (χ3n) is 4.99. The summed E-state index contributed by atoms with van der Waals surface area (Å²) < 4.78 is 5.99. The molecule has 0 radical (unpaired) electrons. The van der Waals surface area contributed by atoms with E-state index in [2.05, 4.69) is 0 Å². The maximum atomic E-state index is 13.1. The third kappa shape index (κ3) is 3.99. The van der Waals surface area contributed by atoms with Crippen LogP contribution in [-0.4, -0.2) is 24.9 Å². The molecule has 5 nitrogen and oxygen atoms in total. The Morgan fingerprint density at radius 1 is 0.931 bits per heavy atom. The molecule has 5 heteroatoms. The van der Waals surface area contributed by atoms with Crippen molar-refractivity contribution in [1.29, 1.82) is 0 Å². The van der Waals surface area contributed by atoms with E-state index in [4.69, 9.17) is 4.74 Å². The largest absolute Gasteiger partial charge is 0.455 e. The Morgan fingerprint density at radius 3 is 2.41 bits per heavy atom. The topological polar surface area (TPSA) is 49.9 Å². The first-order chi connectivity index (χ1) is 14.1. The number of fused-ring (bicyclic) bond motifs is 1. The number of carbonyl (C=O) groups is 2. The summed E-state index contributed by atoms with van der Waals surface area (Å²) in [6.45, 7) is 2.05. The minimum absolute atomic E-state index is 0.0428. The zero-order valence-electron chi connectivity index (χ0n) is 16.2. The Labute approximate surface area is 170 Å². The Bertz CT molecular complexity index is 1030. The Balaban J connectivity index is 1.59. The number of ether oxygens (including phenoxy) is 1. The van der Waals surface area contributed by atoms with Gasteiger partial charge in [-0.15, -0.1) is 0 Å². The second-order valence-corrected chi connectivity index (χ2v) is 6.91. The van der Waals surface area contributed by atoms with Crippen LogP contribution < -0.4 is 14.5 Å². The maximum Gasteiger partial charge on any atom is 0.247 e. The van der Waals surface area contributed by atoms with E-state index in [1.807, 2.05) is 66.7 Å². The van der Waals surface area contributed by atoms with E-state index in [0.717, 1.165) is 17.7 Å². The fraction of sp³-hybridized carbons (Fsp3) is 0.167. The minimum atomic E-state index is -0.213. The second-order valence-electron chi connectivity index (χ2n) is 6.91. The summed E-state index contributed by atoms with van der Waals surface area (Å²) >= 11 is 0. The van der Waals surface area contributed by atoms with Gasteiger partial charge >= 0.3 is 0 Å². The molecule has 0 bridgehead atoms. The van der Waals surface area contributed by atoms with Crippen molar-refractivity contribution in [3.05, 3.63) is 84.4 Å². The molecule has 0 aromatic heterocycles. The number of amides is 2. The van der Waals surface area contributed by atoms with Crippen LogP contribution in [0.5, 0.6) is 11.5 Å². The summed E-state index contributed by atoms with van der Waals surface area (Å²) in [5.41, 5.74) is 2.66. The van der Waals surface area contributed by atoms with E-state index in [9.17, 15) is 9.59 Å². The molecule has 1 aliphatic rings. The van der Waals surface area contributed by atoms with Crippen LogP contribution in [0.15, 0.2) is 78.9 Å². The third-order valence-corrected chi connectivity index (χ3v) is 4.99. The Kier molecular flexibility index (Phi) is 5.29. The highest BCUT2D eigenvalue weighted by atomic mass is 16.5. The minimum Gasteiger partial charge on any atom is -0.455 e. The van der Waals surface area contributed by atoms with Crippen molar-refractivity contribution in [1.82, 2.24) is 0 Å². The standard InChI is InChI=1S/C24H22N2O3/c1-18(27)26(17-24(28)25-16-15-19-9-5-6-12-21(19)25)22-13-7-8-14-23(22)29-20-10-3-2-4-11-20/h2-14H,15-17H2,1H3. The van der Waals surface area contributed by atoms with Gasteiger partial charge in [0.1, 0.15) is 12.3 Å². The van der Waals surface area contributed by atoms with Gasteiger partial charge < -0.3 is 9.64 Å². The summed E-state index contributed by atoms with van der Waals surface area (Å²) in [5, 5.41) is 0. The number of hydrogen-bond acceptors (Lipinski definition) is 3. The van der Waals surface area contributed by atoms with E-state index >= 15 is 0 Å². The van der Waals surface area contributed by atoms with E-state index < -0.39 is 0 Å². The average Bonchev–Trinajstić information content (AvgIpc) is 3.17. The molecule has 1 aliphatic heterocycles. The average molecular weight is 386 g/mol. The van der Waals surface area contributed by atoms with Crippen molar-refractivity contribution in [3.63, 3.8) is 0 Å². The van der Waals surface area contributed by atoms with Crippen molar-refractivity contribution in [2.75, 3.05) is 22.9 Å². The first-order valence-electron chi connectivity index (χ1n) is 9.62. The molecule has 0 unspecified atom stereocenters. The summed E-state index contributed by atoms with van der Waals surface area (Å²) in [5.74, 6) is 0.876. The highest BCUT2D eigenvalue weighted by molar-refractivity contribution is 6.04. The van der Waals surface area contributed by atoms with Gasteiger partial charge in [0, 0.05) is 19.2 Å². The maximum absolute atomic E-state index is 13.1. The van der Waals surface area contributed by atoms with Crippen LogP contribution >= 0.6 is 0 Å². The molecule has 146 valence electrons. The van der Waals surface area contributed by atoms with Crippen LogP contribution in [-0.2, 0) is 16.0 Å². The molecule has 0 saturated heterocycles. The van der Waals surface area contributed by atoms with Gasteiger partial charge in [-0.1, -0.05) is 48.5 Å².